The topological polar surface area (TPSA) is 142 Å². The number of piperazine rings is 1. The van der Waals surface area contributed by atoms with Gasteiger partial charge in [-0.15, -0.1) is 0 Å². The van der Waals surface area contributed by atoms with E-state index >= 15 is 0 Å². The van der Waals surface area contributed by atoms with E-state index in [4.69, 9.17) is 4.42 Å². The number of rotatable bonds is 7. The van der Waals surface area contributed by atoms with Crippen LogP contribution in [0.5, 0.6) is 0 Å². The number of hydrogen-bond donors (Lipinski definition) is 2. The molecule has 3 aromatic rings. The van der Waals surface area contributed by atoms with Crippen LogP contribution in [-0.4, -0.2) is 68.9 Å². The van der Waals surface area contributed by atoms with Crippen molar-refractivity contribution in [1.29, 1.82) is 0 Å². The van der Waals surface area contributed by atoms with Crippen LogP contribution in [0.4, 0.5) is 24.8 Å². The minimum atomic E-state index is -4.94. The summed E-state index contributed by atoms with van der Waals surface area (Å²) in [6.07, 6.45) is -2.57. The molecule has 0 aliphatic carbocycles. The quantitative estimate of drug-likeness (QED) is 0.455. The second-order valence-electron chi connectivity index (χ2n) is 9.52. The van der Waals surface area contributed by atoms with Crippen molar-refractivity contribution in [2.24, 2.45) is 5.41 Å². The fourth-order valence-corrected chi connectivity index (χ4v) is 3.83. The molecule has 0 saturated carbocycles. The van der Waals surface area contributed by atoms with E-state index in [0.29, 0.717) is 32.1 Å². The van der Waals surface area contributed by atoms with E-state index in [1.807, 2.05) is 0 Å². The first-order valence-corrected chi connectivity index (χ1v) is 11.9. The highest BCUT2D eigenvalue weighted by Crippen LogP contribution is 2.35. The van der Waals surface area contributed by atoms with Crippen molar-refractivity contribution in [1.82, 2.24) is 19.9 Å². The first-order chi connectivity index (χ1) is 18.3. The third kappa shape index (κ3) is 6.33. The maximum atomic E-state index is 13.5. The number of oxazole rings is 1. The van der Waals surface area contributed by atoms with Gasteiger partial charge in [-0.2, -0.15) is 13.2 Å². The molecule has 0 spiro atoms. The first-order valence-electron chi connectivity index (χ1n) is 11.9. The van der Waals surface area contributed by atoms with E-state index in [1.54, 1.807) is 28.0 Å². The van der Waals surface area contributed by atoms with E-state index in [2.05, 4.69) is 20.3 Å². The van der Waals surface area contributed by atoms with Crippen molar-refractivity contribution >= 4 is 29.4 Å². The molecule has 2 amide bonds. The zero-order valence-electron chi connectivity index (χ0n) is 21.0. The predicted molar refractivity (Wildman–Crippen MR) is 132 cm³/mol. The predicted octanol–water partition coefficient (Wildman–Crippen LogP) is 3.55. The fourth-order valence-electron chi connectivity index (χ4n) is 3.83. The molecule has 0 unspecified atom stereocenters. The van der Waals surface area contributed by atoms with Gasteiger partial charge in [0.25, 0.3) is 5.91 Å². The number of benzene rings is 1. The van der Waals surface area contributed by atoms with Crippen LogP contribution in [0.2, 0.25) is 0 Å². The molecule has 1 saturated heterocycles. The first kappa shape index (κ1) is 27.5. The summed E-state index contributed by atoms with van der Waals surface area (Å²) in [5, 5.41) is 11.6. The summed E-state index contributed by atoms with van der Waals surface area (Å²) >= 11 is 0. The number of carbonyl (C=O) groups is 3. The molecule has 4 rings (SSSR count). The Labute approximate surface area is 220 Å². The van der Waals surface area contributed by atoms with Crippen molar-refractivity contribution in [2.75, 3.05) is 36.4 Å². The molecular weight excluding hydrogens is 521 g/mol. The number of halogens is 3. The van der Waals surface area contributed by atoms with Gasteiger partial charge in [-0.1, -0.05) is 18.2 Å². The lowest BCUT2D eigenvalue weighted by Crippen LogP contribution is -2.50. The fraction of sp³-hybridized carbons (Fsp3) is 0.360. The third-order valence-electron chi connectivity index (χ3n) is 6.10. The van der Waals surface area contributed by atoms with Crippen molar-refractivity contribution in [3.05, 3.63) is 54.2 Å². The highest BCUT2D eigenvalue weighted by Gasteiger charge is 2.42. The molecule has 39 heavy (non-hydrogen) atoms. The number of nitrogens with zero attached hydrogens (tertiary/aromatic N) is 5. The lowest BCUT2D eigenvalue weighted by molar-refractivity contribution is -0.153. The van der Waals surface area contributed by atoms with Gasteiger partial charge in [-0.25, -0.2) is 15.0 Å². The SMILES string of the molecule is CC(C)(CC(=O)N1CCN(c2ncc(NC(=O)c3nc(-c4ccccc4)oc3C(F)(F)F)cn2)CC1)C(=O)O. The Kier molecular flexibility index (Phi) is 7.56. The van der Waals surface area contributed by atoms with Gasteiger partial charge in [-0.3, -0.25) is 14.4 Å². The molecule has 2 N–H and O–H groups in total. The average molecular weight is 547 g/mol. The Morgan fingerprint density at radius 3 is 2.21 bits per heavy atom. The van der Waals surface area contributed by atoms with Crippen molar-refractivity contribution in [2.45, 2.75) is 26.4 Å². The van der Waals surface area contributed by atoms with Gasteiger partial charge >= 0.3 is 12.1 Å². The van der Waals surface area contributed by atoms with Crippen LogP contribution in [0.3, 0.4) is 0 Å². The second-order valence-corrected chi connectivity index (χ2v) is 9.52. The summed E-state index contributed by atoms with van der Waals surface area (Å²) in [5.41, 5.74) is -1.77. The normalized spacial score (nSPS) is 14.3. The van der Waals surface area contributed by atoms with E-state index in [-0.39, 0.29) is 29.5 Å². The highest BCUT2D eigenvalue weighted by atomic mass is 19.4. The number of carboxylic acids is 1. The molecule has 14 heteroatoms. The highest BCUT2D eigenvalue weighted by molar-refractivity contribution is 6.03. The smallest absolute Gasteiger partial charge is 0.452 e. The summed E-state index contributed by atoms with van der Waals surface area (Å²) in [6, 6.07) is 7.89. The van der Waals surface area contributed by atoms with Crippen LogP contribution in [-0.2, 0) is 15.8 Å². The third-order valence-corrected chi connectivity index (χ3v) is 6.10. The number of aromatic nitrogens is 3. The zero-order chi connectivity index (χ0) is 28.4. The van der Waals surface area contributed by atoms with Crippen LogP contribution < -0.4 is 10.2 Å². The van der Waals surface area contributed by atoms with Gasteiger partial charge in [-0.05, 0) is 26.0 Å². The summed E-state index contributed by atoms with van der Waals surface area (Å²) in [5.74, 6) is -4.01. The molecule has 0 radical (unpaired) electrons. The monoisotopic (exact) mass is 546 g/mol. The minimum absolute atomic E-state index is 0.0471. The Balaban J connectivity index is 1.40. The molecule has 3 heterocycles. The standard InChI is InChI=1S/C25H25F3N6O5/c1-24(2,22(37)38)12-17(35)33-8-10-34(11-9-33)23-29-13-16(14-30-23)31-20(36)18-19(25(26,27)28)39-21(32-18)15-6-4-3-5-7-15/h3-7,13-14H,8-12H2,1-2H3,(H,31,36)(H,37,38). The number of carbonyl (C=O) groups excluding carboxylic acids is 2. The van der Waals surface area contributed by atoms with E-state index in [9.17, 15) is 32.7 Å². The molecule has 1 aromatic carbocycles. The van der Waals surface area contributed by atoms with Crippen LogP contribution in [0.1, 0.15) is 36.5 Å². The molecule has 1 fully saturated rings. The molecule has 1 aliphatic heterocycles. The molecular formula is C25H25F3N6O5. The lowest BCUT2D eigenvalue weighted by atomic mass is 9.89. The second kappa shape index (κ2) is 10.7. The number of anilines is 2. The maximum Gasteiger partial charge on any atom is 0.452 e. The molecule has 2 aromatic heterocycles. The van der Waals surface area contributed by atoms with E-state index < -0.39 is 34.9 Å². The Hall–Kier alpha value is -4.49. The zero-order valence-corrected chi connectivity index (χ0v) is 21.0. The van der Waals surface area contributed by atoms with Crippen LogP contribution in [0.15, 0.2) is 47.1 Å². The molecule has 11 nitrogen and oxygen atoms in total. The van der Waals surface area contributed by atoms with E-state index in [1.165, 1.54) is 38.4 Å². The summed E-state index contributed by atoms with van der Waals surface area (Å²) in [4.78, 5) is 52.0. The minimum Gasteiger partial charge on any atom is -0.481 e. The number of carboxylic acid groups (broad SMARTS) is 1. The number of alkyl halides is 3. The number of amides is 2. The van der Waals surface area contributed by atoms with Gasteiger partial charge in [0.1, 0.15) is 0 Å². The Morgan fingerprint density at radius 2 is 1.64 bits per heavy atom. The van der Waals surface area contributed by atoms with Gasteiger partial charge in [0.15, 0.2) is 5.69 Å². The van der Waals surface area contributed by atoms with Crippen LogP contribution in [0, 0.1) is 5.41 Å². The van der Waals surface area contributed by atoms with Crippen LogP contribution >= 0.6 is 0 Å². The van der Waals surface area contributed by atoms with Gasteiger partial charge in [0.05, 0.1) is 23.5 Å². The number of hydrogen-bond acceptors (Lipinski definition) is 8. The van der Waals surface area contributed by atoms with Crippen LogP contribution in [0.25, 0.3) is 11.5 Å². The Bertz CT molecular complexity index is 1350. The molecule has 0 bridgehead atoms. The Morgan fingerprint density at radius 1 is 1.03 bits per heavy atom. The summed E-state index contributed by atoms with van der Waals surface area (Å²) in [6.45, 7) is 4.44. The average Bonchev–Trinajstić information content (AvgIpc) is 3.36. The maximum absolute atomic E-state index is 13.5. The van der Waals surface area contributed by atoms with E-state index in [0.717, 1.165) is 0 Å². The van der Waals surface area contributed by atoms with Crippen molar-refractivity contribution in [3.63, 3.8) is 0 Å². The molecule has 0 atom stereocenters. The number of nitrogens with one attached hydrogen (secondary N) is 1. The number of aliphatic carboxylic acids is 1. The molecule has 206 valence electrons. The summed E-state index contributed by atoms with van der Waals surface area (Å²) < 4.78 is 45.5. The van der Waals surface area contributed by atoms with Crippen molar-refractivity contribution in [3.8, 4) is 11.5 Å². The van der Waals surface area contributed by atoms with Crippen molar-refractivity contribution < 1.29 is 37.1 Å². The largest absolute Gasteiger partial charge is 0.481 e. The van der Waals surface area contributed by atoms with Gasteiger partial charge in [0, 0.05) is 38.2 Å². The molecule has 1 aliphatic rings. The lowest BCUT2D eigenvalue weighted by Gasteiger charge is -2.35. The summed E-state index contributed by atoms with van der Waals surface area (Å²) in [7, 11) is 0. The van der Waals surface area contributed by atoms with Gasteiger partial charge < -0.3 is 24.6 Å². The van der Waals surface area contributed by atoms with Gasteiger partial charge in [0.2, 0.25) is 23.5 Å².